The molecule has 1 amide bonds. The lowest BCUT2D eigenvalue weighted by Gasteiger charge is -2.12. The molecule has 0 bridgehead atoms. The Bertz CT molecular complexity index is 997. The molecule has 0 spiro atoms. The first-order chi connectivity index (χ1) is 14.1. The molecule has 0 atom stereocenters. The number of amides is 1. The average molecular weight is 442 g/mol. The smallest absolute Gasteiger partial charge is 0.387 e. The molecule has 2 rings (SSSR count). The van der Waals surface area contributed by atoms with Crippen molar-refractivity contribution in [1.82, 2.24) is 10.0 Å². The highest BCUT2D eigenvalue weighted by atomic mass is 32.2. The van der Waals surface area contributed by atoms with E-state index >= 15 is 0 Å². The number of ether oxygens (including phenoxy) is 2. The summed E-state index contributed by atoms with van der Waals surface area (Å²) in [5, 5.41) is 2.64. The minimum absolute atomic E-state index is 0.0617. The number of rotatable bonds is 10. The Morgan fingerprint density at radius 2 is 1.83 bits per heavy atom. The highest BCUT2D eigenvalue weighted by molar-refractivity contribution is 7.89. The van der Waals surface area contributed by atoms with Gasteiger partial charge in [0.1, 0.15) is 0 Å². The van der Waals surface area contributed by atoms with Gasteiger partial charge in [0, 0.05) is 19.5 Å². The number of alkyl halides is 2. The first kappa shape index (κ1) is 23.6. The Labute approximate surface area is 174 Å². The summed E-state index contributed by atoms with van der Waals surface area (Å²) >= 11 is 0. The topological polar surface area (TPSA) is 93.7 Å². The van der Waals surface area contributed by atoms with Gasteiger partial charge >= 0.3 is 6.61 Å². The first-order valence-corrected chi connectivity index (χ1v) is 10.6. The van der Waals surface area contributed by atoms with Crippen LogP contribution in [0.25, 0.3) is 0 Å². The molecule has 0 fully saturated rings. The summed E-state index contributed by atoms with van der Waals surface area (Å²) in [7, 11) is -2.40. The average Bonchev–Trinajstić information content (AvgIpc) is 2.68. The highest BCUT2D eigenvalue weighted by Gasteiger charge is 2.17. The van der Waals surface area contributed by atoms with Gasteiger partial charge in [0.25, 0.3) is 0 Å². The van der Waals surface area contributed by atoms with Crippen LogP contribution in [-0.2, 0) is 21.4 Å². The number of nitrogens with one attached hydrogen (secondary N) is 2. The van der Waals surface area contributed by atoms with E-state index in [1.165, 1.54) is 25.3 Å². The van der Waals surface area contributed by atoms with E-state index in [1.54, 1.807) is 26.0 Å². The Balaban J connectivity index is 1.87. The summed E-state index contributed by atoms with van der Waals surface area (Å²) in [4.78, 5) is 12.2. The van der Waals surface area contributed by atoms with Crippen molar-refractivity contribution in [1.29, 1.82) is 0 Å². The summed E-state index contributed by atoms with van der Waals surface area (Å²) in [6.07, 6.45) is -0.0617. The number of hydrogen-bond donors (Lipinski definition) is 2. The van der Waals surface area contributed by atoms with Gasteiger partial charge in [0.05, 0.1) is 12.0 Å². The molecule has 2 N–H and O–H groups in total. The van der Waals surface area contributed by atoms with E-state index < -0.39 is 16.6 Å². The van der Waals surface area contributed by atoms with Gasteiger partial charge < -0.3 is 14.8 Å². The number of carbonyl (C=O) groups excluding carboxylic acids is 1. The molecule has 0 heterocycles. The van der Waals surface area contributed by atoms with Crippen LogP contribution in [-0.4, -0.2) is 34.6 Å². The SMILES string of the molecule is COc1cc(CNC(=O)CCNS(=O)(=O)c2cc(C)ccc2C)ccc1OC(F)F. The summed E-state index contributed by atoms with van der Waals surface area (Å²) in [6, 6.07) is 9.44. The fourth-order valence-electron chi connectivity index (χ4n) is 2.68. The molecule has 164 valence electrons. The number of carbonyl (C=O) groups is 1. The van der Waals surface area contributed by atoms with Gasteiger partial charge in [0.2, 0.25) is 15.9 Å². The zero-order valence-corrected chi connectivity index (χ0v) is 17.7. The number of hydrogen-bond acceptors (Lipinski definition) is 5. The number of sulfonamides is 1. The second-order valence-electron chi connectivity index (χ2n) is 6.56. The minimum atomic E-state index is -3.72. The molecule has 2 aromatic rings. The zero-order valence-electron chi connectivity index (χ0n) is 16.9. The van der Waals surface area contributed by atoms with Crippen molar-refractivity contribution >= 4 is 15.9 Å². The number of benzene rings is 2. The Morgan fingerprint density at radius 1 is 1.10 bits per heavy atom. The lowest BCUT2D eigenvalue weighted by Crippen LogP contribution is -2.31. The normalized spacial score (nSPS) is 11.4. The second-order valence-corrected chi connectivity index (χ2v) is 8.29. The van der Waals surface area contributed by atoms with Crippen LogP contribution in [0.2, 0.25) is 0 Å². The lowest BCUT2D eigenvalue weighted by molar-refractivity contribution is -0.121. The maximum absolute atomic E-state index is 12.4. The molecule has 0 unspecified atom stereocenters. The largest absolute Gasteiger partial charge is 0.493 e. The monoisotopic (exact) mass is 442 g/mol. The van der Waals surface area contributed by atoms with Gasteiger partial charge in [-0.2, -0.15) is 8.78 Å². The minimum Gasteiger partial charge on any atom is -0.493 e. The molecular formula is C20H24F2N2O5S. The molecule has 0 aliphatic carbocycles. The van der Waals surface area contributed by atoms with E-state index in [0.29, 0.717) is 11.1 Å². The van der Waals surface area contributed by atoms with Crippen LogP contribution in [0.5, 0.6) is 11.5 Å². The molecule has 2 aromatic carbocycles. The maximum Gasteiger partial charge on any atom is 0.387 e. The van der Waals surface area contributed by atoms with Gasteiger partial charge in [-0.15, -0.1) is 0 Å². The lowest BCUT2D eigenvalue weighted by atomic mass is 10.2. The van der Waals surface area contributed by atoms with Crippen LogP contribution >= 0.6 is 0 Å². The summed E-state index contributed by atoms with van der Waals surface area (Å²) < 4.78 is 61.3. The van der Waals surface area contributed by atoms with Crippen molar-refractivity contribution in [3.63, 3.8) is 0 Å². The number of methoxy groups -OCH3 is 1. The van der Waals surface area contributed by atoms with Crippen molar-refractivity contribution in [2.75, 3.05) is 13.7 Å². The molecule has 0 aromatic heterocycles. The summed E-state index contributed by atoms with van der Waals surface area (Å²) in [5.74, 6) is -0.364. The quantitative estimate of drug-likeness (QED) is 0.590. The van der Waals surface area contributed by atoms with Crippen molar-refractivity contribution in [2.45, 2.75) is 38.3 Å². The number of aryl methyl sites for hydroxylation is 2. The van der Waals surface area contributed by atoms with E-state index in [2.05, 4.69) is 14.8 Å². The van der Waals surface area contributed by atoms with Crippen molar-refractivity contribution < 1.29 is 31.5 Å². The molecule has 0 aliphatic rings. The highest BCUT2D eigenvalue weighted by Crippen LogP contribution is 2.29. The molecule has 0 saturated heterocycles. The fraction of sp³-hybridized carbons (Fsp3) is 0.350. The predicted molar refractivity (Wildman–Crippen MR) is 107 cm³/mol. The van der Waals surface area contributed by atoms with Gasteiger partial charge in [-0.3, -0.25) is 4.79 Å². The Hall–Kier alpha value is -2.72. The zero-order chi connectivity index (χ0) is 22.3. The first-order valence-electron chi connectivity index (χ1n) is 9.07. The van der Waals surface area contributed by atoms with Gasteiger partial charge in [-0.25, -0.2) is 13.1 Å². The molecule has 7 nitrogen and oxygen atoms in total. The number of halogens is 2. The molecule has 30 heavy (non-hydrogen) atoms. The van der Waals surface area contributed by atoms with Crippen molar-refractivity contribution in [3.8, 4) is 11.5 Å². The third-order valence-corrected chi connectivity index (χ3v) is 5.81. The molecule has 10 heteroatoms. The molecule has 0 radical (unpaired) electrons. The van der Waals surface area contributed by atoms with E-state index in [1.807, 2.05) is 6.07 Å². The van der Waals surface area contributed by atoms with E-state index in [0.717, 1.165) is 5.56 Å². The predicted octanol–water partition coefficient (Wildman–Crippen LogP) is 2.90. The van der Waals surface area contributed by atoms with E-state index in [4.69, 9.17) is 4.74 Å². The van der Waals surface area contributed by atoms with Crippen LogP contribution in [0.3, 0.4) is 0 Å². The van der Waals surface area contributed by atoms with Gasteiger partial charge in [-0.1, -0.05) is 18.2 Å². The van der Waals surface area contributed by atoms with Gasteiger partial charge in [0.15, 0.2) is 11.5 Å². The third kappa shape index (κ3) is 6.67. The van der Waals surface area contributed by atoms with Crippen molar-refractivity contribution in [3.05, 3.63) is 53.1 Å². The van der Waals surface area contributed by atoms with Crippen LogP contribution in [0.4, 0.5) is 8.78 Å². The van der Waals surface area contributed by atoms with E-state index in [9.17, 15) is 22.0 Å². The van der Waals surface area contributed by atoms with E-state index in [-0.39, 0.29) is 41.8 Å². The third-order valence-electron chi connectivity index (χ3n) is 4.21. The van der Waals surface area contributed by atoms with Crippen LogP contribution in [0.15, 0.2) is 41.3 Å². The maximum atomic E-state index is 12.4. The van der Waals surface area contributed by atoms with Gasteiger partial charge in [-0.05, 0) is 48.7 Å². The molecular weight excluding hydrogens is 418 g/mol. The standard InChI is InChI=1S/C20H24F2N2O5S/c1-13-4-5-14(2)18(10-13)30(26,27)24-9-8-19(25)23-12-15-6-7-16(29-20(21)22)17(11-15)28-3/h4-7,10-11,20,24H,8-9,12H2,1-3H3,(H,23,25). The summed E-state index contributed by atoms with van der Waals surface area (Å²) in [6.45, 7) is 0.580. The fourth-order valence-corrected chi connectivity index (χ4v) is 4.04. The molecule has 0 aliphatic heterocycles. The summed E-state index contributed by atoms with van der Waals surface area (Å²) in [5.41, 5.74) is 2.04. The molecule has 0 saturated carbocycles. The Morgan fingerprint density at radius 3 is 2.50 bits per heavy atom. The van der Waals surface area contributed by atoms with Crippen LogP contribution in [0, 0.1) is 13.8 Å². The second kappa shape index (κ2) is 10.4. The van der Waals surface area contributed by atoms with Crippen LogP contribution in [0.1, 0.15) is 23.1 Å². The van der Waals surface area contributed by atoms with Crippen molar-refractivity contribution in [2.24, 2.45) is 0 Å². The Kier molecular flexibility index (Phi) is 8.13. The van der Waals surface area contributed by atoms with Crippen LogP contribution < -0.4 is 19.5 Å².